The highest BCUT2D eigenvalue weighted by Crippen LogP contribution is 2.38. The molecule has 0 aliphatic carbocycles. The molecule has 1 heterocycles. The van der Waals surface area contributed by atoms with Crippen LogP contribution in [0.2, 0.25) is 0 Å². The summed E-state index contributed by atoms with van der Waals surface area (Å²) in [6.45, 7) is 11.3. The third-order valence-electron chi connectivity index (χ3n) is 3.81. The lowest BCUT2D eigenvalue weighted by Gasteiger charge is -2.25. The van der Waals surface area contributed by atoms with Crippen LogP contribution in [0, 0.1) is 0 Å². The quantitative estimate of drug-likeness (QED) is 0.848. The van der Waals surface area contributed by atoms with E-state index in [1.165, 1.54) is 11.1 Å². The van der Waals surface area contributed by atoms with Crippen molar-refractivity contribution in [2.45, 2.75) is 38.5 Å². The van der Waals surface area contributed by atoms with Gasteiger partial charge in [-0.05, 0) is 23.1 Å². The number of rotatable bonds is 5. The highest BCUT2D eigenvalue weighted by atomic mass is 32.2. The van der Waals surface area contributed by atoms with Crippen molar-refractivity contribution in [1.82, 2.24) is 10.2 Å². The van der Waals surface area contributed by atoms with Gasteiger partial charge in [-0.15, -0.1) is 11.8 Å². The predicted molar refractivity (Wildman–Crippen MR) is 90.6 cm³/mol. The molecular formula is C17H26N2OS. The predicted octanol–water partition coefficient (Wildman–Crippen LogP) is 3.17. The first-order valence-corrected chi connectivity index (χ1v) is 8.70. The molecule has 1 unspecified atom stereocenters. The smallest absolute Gasteiger partial charge is 0.233 e. The monoisotopic (exact) mass is 306 g/mol. The Kier molecular flexibility index (Phi) is 5.33. The van der Waals surface area contributed by atoms with E-state index < -0.39 is 0 Å². The molecule has 2 rings (SSSR count). The molecule has 116 valence electrons. The van der Waals surface area contributed by atoms with Crippen molar-refractivity contribution < 1.29 is 4.79 Å². The van der Waals surface area contributed by atoms with Crippen molar-refractivity contribution in [2.24, 2.45) is 0 Å². The number of nitrogens with one attached hydrogen (secondary N) is 1. The molecule has 1 saturated heterocycles. The Morgan fingerprint density at radius 2 is 1.95 bits per heavy atom. The molecule has 1 aliphatic rings. The van der Waals surface area contributed by atoms with Crippen LogP contribution in [-0.4, -0.2) is 36.2 Å². The molecule has 1 aromatic rings. The Morgan fingerprint density at radius 1 is 1.29 bits per heavy atom. The van der Waals surface area contributed by atoms with E-state index in [2.05, 4.69) is 57.3 Å². The van der Waals surface area contributed by atoms with Crippen molar-refractivity contribution in [1.29, 1.82) is 0 Å². The average molecular weight is 306 g/mol. The fourth-order valence-electron chi connectivity index (χ4n) is 2.50. The number of nitrogens with zero attached hydrogens (tertiary/aromatic N) is 1. The normalized spacial score (nSPS) is 19.3. The highest BCUT2D eigenvalue weighted by Gasteiger charge is 2.32. The van der Waals surface area contributed by atoms with Crippen LogP contribution in [0.1, 0.15) is 44.2 Å². The van der Waals surface area contributed by atoms with Gasteiger partial charge in [0.1, 0.15) is 5.37 Å². The summed E-state index contributed by atoms with van der Waals surface area (Å²) in [5.74, 6) is 0.848. The first-order chi connectivity index (χ1) is 9.93. The molecule has 0 aromatic heterocycles. The summed E-state index contributed by atoms with van der Waals surface area (Å²) in [4.78, 5) is 14.1. The van der Waals surface area contributed by atoms with Gasteiger partial charge in [0.15, 0.2) is 0 Å². The van der Waals surface area contributed by atoms with E-state index in [0.29, 0.717) is 5.75 Å². The largest absolute Gasteiger partial charge is 0.325 e. The molecule has 0 spiro atoms. The number of likely N-dealkylation sites (N-methyl/N-ethyl adjacent to an activating group) is 1. The maximum atomic E-state index is 12.1. The van der Waals surface area contributed by atoms with E-state index in [9.17, 15) is 4.79 Å². The van der Waals surface area contributed by atoms with Crippen molar-refractivity contribution in [3.63, 3.8) is 0 Å². The summed E-state index contributed by atoms with van der Waals surface area (Å²) >= 11 is 1.73. The second-order valence-electron chi connectivity index (χ2n) is 6.48. The van der Waals surface area contributed by atoms with Crippen LogP contribution in [0.15, 0.2) is 24.3 Å². The van der Waals surface area contributed by atoms with Gasteiger partial charge in [0.2, 0.25) is 5.91 Å². The first-order valence-electron chi connectivity index (χ1n) is 7.65. The molecule has 1 aliphatic heterocycles. The van der Waals surface area contributed by atoms with E-state index in [-0.39, 0.29) is 16.7 Å². The number of benzene rings is 1. The van der Waals surface area contributed by atoms with Crippen LogP contribution >= 0.6 is 11.8 Å². The standard InChI is InChI=1S/C17H26N2OS/c1-5-18-10-11-19-15(20)12-21-16(19)13-6-8-14(9-7-13)17(2,3)4/h6-9,16,18H,5,10-12H2,1-4H3. The molecular weight excluding hydrogens is 280 g/mol. The Bertz CT molecular complexity index is 479. The van der Waals surface area contributed by atoms with E-state index in [0.717, 1.165) is 19.6 Å². The molecule has 1 fully saturated rings. The highest BCUT2D eigenvalue weighted by molar-refractivity contribution is 8.00. The Labute approximate surface area is 132 Å². The number of amides is 1. The van der Waals surface area contributed by atoms with Gasteiger partial charge in [-0.3, -0.25) is 4.79 Å². The molecule has 21 heavy (non-hydrogen) atoms. The Morgan fingerprint density at radius 3 is 2.52 bits per heavy atom. The molecule has 0 bridgehead atoms. The van der Waals surface area contributed by atoms with Crippen LogP contribution < -0.4 is 5.32 Å². The number of carbonyl (C=O) groups excluding carboxylic acids is 1. The Balaban J connectivity index is 2.10. The topological polar surface area (TPSA) is 32.3 Å². The molecule has 1 aromatic carbocycles. The molecule has 0 saturated carbocycles. The maximum absolute atomic E-state index is 12.1. The number of hydrogen-bond acceptors (Lipinski definition) is 3. The van der Waals surface area contributed by atoms with Crippen LogP contribution in [0.3, 0.4) is 0 Å². The summed E-state index contributed by atoms with van der Waals surface area (Å²) in [6, 6.07) is 8.75. The minimum atomic E-state index is 0.169. The summed E-state index contributed by atoms with van der Waals surface area (Å²) in [6.07, 6.45) is 0. The lowest BCUT2D eigenvalue weighted by molar-refractivity contribution is -0.128. The van der Waals surface area contributed by atoms with E-state index >= 15 is 0 Å². The zero-order chi connectivity index (χ0) is 15.5. The second kappa shape index (κ2) is 6.84. The van der Waals surface area contributed by atoms with Crippen molar-refractivity contribution in [2.75, 3.05) is 25.4 Å². The molecule has 1 atom stereocenters. The number of hydrogen-bond donors (Lipinski definition) is 1. The zero-order valence-electron chi connectivity index (χ0n) is 13.5. The average Bonchev–Trinajstić information content (AvgIpc) is 2.80. The SMILES string of the molecule is CCNCCN1C(=O)CSC1c1ccc(C(C)(C)C)cc1. The lowest BCUT2D eigenvalue weighted by Crippen LogP contribution is -2.35. The van der Waals surface area contributed by atoms with Crippen LogP contribution in [-0.2, 0) is 10.2 Å². The molecule has 1 amide bonds. The Hall–Kier alpha value is -1.00. The zero-order valence-corrected chi connectivity index (χ0v) is 14.3. The van der Waals surface area contributed by atoms with Crippen molar-refractivity contribution >= 4 is 17.7 Å². The van der Waals surface area contributed by atoms with Gasteiger partial charge < -0.3 is 10.2 Å². The van der Waals surface area contributed by atoms with E-state index in [4.69, 9.17) is 0 Å². The van der Waals surface area contributed by atoms with Gasteiger partial charge in [-0.25, -0.2) is 0 Å². The van der Waals surface area contributed by atoms with Gasteiger partial charge in [0.05, 0.1) is 5.75 Å². The summed E-state index contributed by atoms with van der Waals surface area (Å²) in [5.41, 5.74) is 2.73. The number of thioether (sulfide) groups is 1. The summed E-state index contributed by atoms with van der Waals surface area (Å²) in [5, 5.41) is 3.47. The molecule has 3 nitrogen and oxygen atoms in total. The third-order valence-corrected chi connectivity index (χ3v) is 5.07. The molecule has 0 radical (unpaired) electrons. The maximum Gasteiger partial charge on any atom is 0.233 e. The lowest BCUT2D eigenvalue weighted by atomic mass is 9.87. The summed E-state index contributed by atoms with van der Waals surface area (Å²) in [7, 11) is 0. The first kappa shape index (κ1) is 16.4. The summed E-state index contributed by atoms with van der Waals surface area (Å²) < 4.78 is 0. The molecule has 4 heteroatoms. The van der Waals surface area contributed by atoms with Gasteiger partial charge in [0, 0.05) is 13.1 Å². The minimum absolute atomic E-state index is 0.169. The molecule has 1 N–H and O–H groups in total. The van der Waals surface area contributed by atoms with Crippen molar-refractivity contribution in [3.8, 4) is 0 Å². The van der Waals surface area contributed by atoms with Gasteiger partial charge >= 0.3 is 0 Å². The van der Waals surface area contributed by atoms with Gasteiger partial charge in [-0.2, -0.15) is 0 Å². The van der Waals surface area contributed by atoms with Gasteiger partial charge in [-0.1, -0.05) is 52.0 Å². The minimum Gasteiger partial charge on any atom is -0.325 e. The number of carbonyl (C=O) groups is 1. The van der Waals surface area contributed by atoms with Crippen molar-refractivity contribution in [3.05, 3.63) is 35.4 Å². The third kappa shape index (κ3) is 4.01. The second-order valence-corrected chi connectivity index (χ2v) is 7.54. The van der Waals surface area contributed by atoms with E-state index in [1.807, 2.05) is 4.90 Å². The van der Waals surface area contributed by atoms with Crippen LogP contribution in [0.4, 0.5) is 0 Å². The van der Waals surface area contributed by atoms with Crippen LogP contribution in [0.5, 0.6) is 0 Å². The fraction of sp³-hybridized carbons (Fsp3) is 0.588. The van der Waals surface area contributed by atoms with E-state index in [1.54, 1.807) is 11.8 Å². The van der Waals surface area contributed by atoms with Crippen LogP contribution in [0.25, 0.3) is 0 Å². The van der Waals surface area contributed by atoms with Gasteiger partial charge in [0.25, 0.3) is 0 Å². The fourth-order valence-corrected chi connectivity index (χ4v) is 3.71.